The number of halogens is 5. The highest BCUT2D eigenvalue weighted by Crippen LogP contribution is 2.38. The molecule has 13 heteroatoms. The summed E-state index contributed by atoms with van der Waals surface area (Å²) in [5.74, 6) is -1.32. The van der Waals surface area contributed by atoms with Gasteiger partial charge in [0.2, 0.25) is 11.8 Å². The maximum absolute atomic E-state index is 14.3. The van der Waals surface area contributed by atoms with E-state index < -0.39 is 56.9 Å². The van der Waals surface area contributed by atoms with E-state index in [1.807, 2.05) is 0 Å². The number of hydrogen-bond donors (Lipinski definition) is 1. The van der Waals surface area contributed by atoms with Gasteiger partial charge in [0, 0.05) is 24.5 Å². The van der Waals surface area contributed by atoms with Crippen molar-refractivity contribution in [1.29, 1.82) is 0 Å². The van der Waals surface area contributed by atoms with Crippen molar-refractivity contribution < 1.29 is 31.2 Å². The van der Waals surface area contributed by atoms with E-state index in [0.29, 0.717) is 21.0 Å². The van der Waals surface area contributed by atoms with Gasteiger partial charge in [0.1, 0.15) is 12.6 Å². The molecule has 0 aliphatic rings. The summed E-state index contributed by atoms with van der Waals surface area (Å²) in [5.41, 5.74) is -0.384. The molecule has 0 saturated heterocycles. The Kier molecular flexibility index (Phi) is 11.4. The third-order valence-electron chi connectivity index (χ3n) is 7.04. The molecular weight excluding hydrogens is 662 g/mol. The van der Waals surface area contributed by atoms with E-state index in [0.717, 1.165) is 17.7 Å². The summed E-state index contributed by atoms with van der Waals surface area (Å²) < 4.78 is 70.2. The Balaban J connectivity index is 1.84. The van der Waals surface area contributed by atoms with Crippen molar-refractivity contribution >= 4 is 50.7 Å². The van der Waals surface area contributed by atoms with E-state index in [1.165, 1.54) is 29.2 Å². The third-order valence-corrected chi connectivity index (χ3v) is 9.41. The zero-order chi connectivity index (χ0) is 33.5. The quantitative estimate of drug-likeness (QED) is 0.174. The Hall–Kier alpha value is -4.06. The molecule has 0 aliphatic heterocycles. The zero-order valence-corrected chi connectivity index (χ0v) is 26.9. The minimum absolute atomic E-state index is 0.0800. The average molecular weight is 693 g/mol. The second-order valence-corrected chi connectivity index (χ2v) is 12.9. The number of sulfonamides is 1. The molecule has 4 rings (SSSR count). The van der Waals surface area contributed by atoms with Crippen LogP contribution in [0.4, 0.5) is 18.9 Å². The average Bonchev–Trinajstić information content (AvgIpc) is 3.03. The fourth-order valence-corrected chi connectivity index (χ4v) is 6.54. The number of likely N-dealkylation sites (N-methyl/N-ethyl adjacent to an activating group) is 1. The van der Waals surface area contributed by atoms with Gasteiger partial charge in [-0.05, 0) is 60.5 Å². The van der Waals surface area contributed by atoms with Crippen LogP contribution in [0.25, 0.3) is 0 Å². The summed E-state index contributed by atoms with van der Waals surface area (Å²) in [7, 11) is -4.59. The van der Waals surface area contributed by atoms with E-state index in [4.69, 9.17) is 23.2 Å². The lowest BCUT2D eigenvalue weighted by molar-refractivity contribution is -0.140. The second-order valence-electron chi connectivity index (χ2n) is 10.2. The van der Waals surface area contributed by atoms with Crippen LogP contribution in [0.3, 0.4) is 0 Å². The zero-order valence-electron chi connectivity index (χ0n) is 24.5. The number of benzene rings is 4. The van der Waals surface area contributed by atoms with Gasteiger partial charge in [0.15, 0.2) is 0 Å². The summed E-state index contributed by atoms with van der Waals surface area (Å²) >= 11 is 11.9. The molecule has 242 valence electrons. The van der Waals surface area contributed by atoms with Crippen molar-refractivity contribution in [3.05, 3.63) is 130 Å². The molecule has 0 bridgehead atoms. The fraction of sp³-hybridized carbons (Fsp3) is 0.212. The van der Waals surface area contributed by atoms with E-state index in [-0.39, 0.29) is 24.4 Å². The van der Waals surface area contributed by atoms with Crippen molar-refractivity contribution in [2.24, 2.45) is 0 Å². The maximum Gasteiger partial charge on any atom is 0.417 e. The Bertz CT molecular complexity index is 1760. The Morgan fingerprint density at radius 3 is 2.04 bits per heavy atom. The molecular formula is C33H30Cl2F3N3O4S. The summed E-state index contributed by atoms with van der Waals surface area (Å²) in [6.45, 7) is 0.926. The van der Waals surface area contributed by atoms with Crippen LogP contribution in [-0.2, 0) is 38.8 Å². The van der Waals surface area contributed by atoms with Gasteiger partial charge < -0.3 is 10.2 Å². The molecule has 0 saturated carbocycles. The monoisotopic (exact) mass is 691 g/mol. The molecule has 0 aliphatic carbocycles. The van der Waals surface area contributed by atoms with Gasteiger partial charge in [-0.1, -0.05) is 83.9 Å². The number of hydrogen-bond acceptors (Lipinski definition) is 4. The van der Waals surface area contributed by atoms with Crippen molar-refractivity contribution in [1.82, 2.24) is 10.2 Å². The van der Waals surface area contributed by atoms with E-state index >= 15 is 0 Å². The molecule has 2 amide bonds. The minimum Gasteiger partial charge on any atom is -0.355 e. The van der Waals surface area contributed by atoms with Crippen LogP contribution >= 0.6 is 23.2 Å². The highest BCUT2D eigenvalue weighted by atomic mass is 35.5. The second kappa shape index (κ2) is 15.0. The largest absolute Gasteiger partial charge is 0.417 e. The highest BCUT2D eigenvalue weighted by molar-refractivity contribution is 7.92. The lowest BCUT2D eigenvalue weighted by Crippen LogP contribution is -2.53. The van der Waals surface area contributed by atoms with Crippen LogP contribution in [-0.4, -0.2) is 44.3 Å². The van der Waals surface area contributed by atoms with Crippen molar-refractivity contribution in [2.45, 2.75) is 37.0 Å². The van der Waals surface area contributed by atoms with Crippen LogP contribution < -0.4 is 9.62 Å². The lowest BCUT2D eigenvalue weighted by Gasteiger charge is -2.34. The van der Waals surface area contributed by atoms with Gasteiger partial charge in [-0.2, -0.15) is 13.2 Å². The first-order valence-corrected chi connectivity index (χ1v) is 16.3. The number of nitrogens with one attached hydrogen (secondary N) is 1. The SMILES string of the molecule is CCNC(=O)[C@H](Cc1ccccc1)N(Cc1ccc(Cl)cc1)C(=O)CN(c1ccc(Cl)c(C(F)(F)F)c1)S(=O)(=O)c1ccccc1. The minimum atomic E-state index is -4.90. The summed E-state index contributed by atoms with van der Waals surface area (Å²) in [6.07, 6.45) is -4.82. The van der Waals surface area contributed by atoms with Gasteiger partial charge >= 0.3 is 6.18 Å². The molecule has 46 heavy (non-hydrogen) atoms. The Morgan fingerprint density at radius 2 is 1.46 bits per heavy atom. The Labute approximate surface area is 275 Å². The number of carbonyl (C=O) groups excluding carboxylic acids is 2. The summed E-state index contributed by atoms with van der Waals surface area (Å²) in [6, 6.07) is 24.0. The predicted octanol–water partition coefficient (Wildman–Crippen LogP) is 6.98. The first-order valence-electron chi connectivity index (χ1n) is 14.1. The first-order chi connectivity index (χ1) is 21.8. The van der Waals surface area contributed by atoms with E-state index in [1.54, 1.807) is 67.6 Å². The van der Waals surface area contributed by atoms with Crippen molar-refractivity contribution in [2.75, 3.05) is 17.4 Å². The number of anilines is 1. The molecule has 4 aromatic rings. The van der Waals surface area contributed by atoms with E-state index in [9.17, 15) is 31.2 Å². The fourth-order valence-electron chi connectivity index (χ4n) is 4.77. The van der Waals surface area contributed by atoms with Crippen LogP contribution in [0, 0.1) is 0 Å². The summed E-state index contributed by atoms with van der Waals surface area (Å²) in [4.78, 5) is 28.8. The molecule has 1 N–H and O–H groups in total. The van der Waals surface area contributed by atoms with Gasteiger partial charge in [-0.25, -0.2) is 8.42 Å². The topological polar surface area (TPSA) is 86.8 Å². The van der Waals surface area contributed by atoms with Crippen LogP contribution in [0.15, 0.2) is 108 Å². The van der Waals surface area contributed by atoms with Gasteiger partial charge in [-0.15, -0.1) is 0 Å². The number of amides is 2. The van der Waals surface area contributed by atoms with Crippen LogP contribution in [0.1, 0.15) is 23.6 Å². The molecule has 0 heterocycles. The molecule has 4 aromatic carbocycles. The van der Waals surface area contributed by atoms with E-state index in [2.05, 4.69) is 5.32 Å². The lowest BCUT2D eigenvalue weighted by atomic mass is 10.0. The molecule has 0 radical (unpaired) electrons. The normalized spacial score (nSPS) is 12.3. The molecule has 1 atom stereocenters. The molecule has 0 spiro atoms. The highest BCUT2D eigenvalue weighted by Gasteiger charge is 2.37. The van der Waals surface area contributed by atoms with Crippen LogP contribution in [0.2, 0.25) is 10.0 Å². The standard InChI is InChI=1S/C33H30Cl2F3N3O4S/c1-2-39-32(43)30(19-23-9-5-3-6-10-23)40(21-24-13-15-25(34)16-14-24)31(42)22-41(46(44,45)27-11-7-4-8-12-27)26-17-18-29(35)28(20-26)33(36,37)38/h3-18,20,30H,2,19,21-22H2,1H3,(H,39,43)/t30-/m0/s1. The van der Waals surface area contributed by atoms with Crippen LogP contribution in [0.5, 0.6) is 0 Å². The van der Waals surface area contributed by atoms with Crippen molar-refractivity contribution in [3.8, 4) is 0 Å². The molecule has 0 unspecified atom stereocenters. The number of alkyl halides is 3. The molecule has 0 aromatic heterocycles. The van der Waals surface area contributed by atoms with Gasteiger partial charge in [0.05, 0.1) is 21.2 Å². The Morgan fingerprint density at radius 1 is 0.848 bits per heavy atom. The van der Waals surface area contributed by atoms with Crippen molar-refractivity contribution in [3.63, 3.8) is 0 Å². The number of carbonyl (C=O) groups is 2. The smallest absolute Gasteiger partial charge is 0.355 e. The summed E-state index contributed by atoms with van der Waals surface area (Å²) in [5, 5.41) is 2.55. The first kappa shape index (κ1) is 34.8. The number of rotatable bonds is 12. The molecule has 7 nitrogen and oxygen atoms in total. The number of nitrogens with zero attached hydrogens (tertiary/aromatic N) is 2. The molecule has 0 fully saturated rings. The van der Waals surface area contributed by atoms with Gasteiger partial charge in [-0.3, -0.25) is 13.9 Å². The third kappa shape index (κ3) is 8.60. The predicted molar refractivity (Wildman–Crippen MR) is 172 cm³/mol. The maximum atomic E-state index is 14.3. The van der Waals surface area contributed by atoms with Gasteiger partial charge in [0.25, 0.3) is 10.0 Å².